The summed E-state index contributed by atoms with van der Waals surface area (Å²) in [6.07, 6.45) is 7.04. The lowest BCUT2D eigenvalue weighted by atomic mass is 10.2. The minimum absolute atomic E-state index is 0.315. The number of hydrogen-bond acceptors (Lipinski definition) is 4. The smallest absolute Gasteiger partial charge is 0.136 e. The molecule has 0 spiro atoms. The first-order valence-electron chi connectivity index (χ1n) is 7.67. The van der Waals surface area contributed by atoms with E-state index in [2.05, 4.69) is 26.5 Å². The van der Waals surface area contributed by atoms with Crippen LogP contribution in [0.2, 0.25) is 0 Å². The molecular formula is C18H19N3O2. The number of fused-ring (bicyclic) bond motifs is 3. The third-order valence-electron chi connectivity index (χ3n) is 3.64. The summed E-state index contributed by atoms with van der Waals surface area (Å²) in [5.74, 6) is 3.36. The molecule has 2 aromatic heterocycles. The fourth-order valence-corrected chi connectivity index (χ4v) is 2.64. The summed E-state index contributed by atoms with van der Waals surface area (Å²) in [6, 6.07) is 8.07. The second-order valence-electron chi connectivity index (χ2n) is 5.08. The third kappa shape index (κ3) is 3.19. The summed E-state index contributed by atoms with van der Waals surface area (Å²) in [4.78, 5) is 9.16. The lowest BCUT2D eigenvalue weighted by Gasteiger charge is -2.10. The maximum atomic E-state index is 5.55. The largest absolute Gasteiger partial charge is 0.374 e. The van der Waals surface area contributed by atoms with Crippen molar-refractivity contribution >= 4 is 21.9 Å². The maximum Gasteiger partial charge on any atom is 0.136 e. The lowest BCUT2D eigenvalue weighted by molar-refractivity contribution is 0.121. The van der Waals surface area contributed by atoms with Gasteiger partial charge in [-0.1, -0.05) is 24.1 Å². The monoisotopic (exact) mass is 309 g/mol. The molecule has 0 aliphatic carbocycles. The third-order valence-corrected chi connectivity index (χ3v) is 3.64. The lowest BCUT2D eigenvalue weighted by Crippen LogP contribution is -2.11. The van der Waals surface area contributed by atoms with Crippen LogP contribution in [0.3, 0.4) is 0 Å². The Morgan fingerprint density at radius 3 is 2.91 bits per heavy atom. The van der Waals surface area contributed by atoms with Gasteiger partial charge in [0, 0.05) is 18.5 Å². The van der Waals surface area contributed by atoms with Gasteiger partial charge < -0.3 is 14.0 Å². The molecule has 0 fully saturated rings. The first-order valence-corrected chi connectivity index (χ1v) is 7.67. The number of nitrogens with zero attached hydrogens (tertiary/aromatic N) is 3. The molecule has 23 heavy (non-hydrogen) atoms. The highest BCUT2D eigenvalue weighted by Crippen LogP contribution is 2.25. The second kappa shape index (κ2) is 7.23. The van der Waals surface area contributed by atoms with Crippen molar-refractivity contribution in [1.29, 1.82) is 0 Å². The summed E-state index contributed by atoms with van der Waals surface area (Å²) >= 11 is 0. The van der Waals surface area contributed by atoms with Crippen LogP contribution in [-0.2, 0) is 22.6 Å². The van der Waals surface area contributed by atoms with Crippen LogP contribution in [0.4, 0.5) is 0 Å². The van der Waals surface area contributed by atoms with E-state index in [1.54, 1.807) is 0 Å². The zero-order valence-electron chi connectivity index (χ0n) is 13.2. The fraction of sp³-hybridized carbons (Fsp3) is 0.333. The van der Waals surface area contributed by atoms with Crippen LogP contribution in [-0.4, -0.2) is 34.4 Å². The van der Waals surface area contributed by atoms with E-state index in [4.69, 9.17) is 15.9 Å². The SMILES string of the molecule is C#CCOCCn1c(COCC)nc2cnc3ccccc3c21. The van der Waals surface area contributed by atoms with Crippen LogP contribution in [0.25, 0.3) is 21.9 Å². The second-order valence-corrected chi connectivity index (χ2v) is 5.08. The number of imidazole rings is 1. The number of rotatable bonds is 7. The molecule has 1 aromatic carbocycles. The Morgan fingerprint density at radius 2 is 2.09 bits per heavy atom. The maximum absolute atomic E-state index is 5.55. The number of pyridine rings is 1. The van der Waals surface area contributed by atoms with Gasteiger partial charge in [0.1, 0.15) is 24.6 Å². The van der Waals surface area contributed by atoms with Crippen LogP contribution < -0.4 is 0 Å². The number of ether oxygens (including phenoxy) is 2. The topological polar surface area (TPSA) is 49.2 Å². The van der Waals surface area contributed by atoms with Crippen molar-refractivity contribution in [3.05, 3.63) is 36.3 Å². The molecule has 0 aliphatic heterocycles. The first kappa shape index (κ1) is 15.5. The van der Waals surface area contributed by atoms with Gasteiger partial charge in [0.15, 0.2) is 0 Å². The molecule has 0 radical (unpaired) electrons. The molecule has 0 aliphatic rings. The molecule has 0 bridgehead atoms. The first-order chi connectivity index (χ1) is 11.3. The van der Waals surface area contributed by atoms with Gasteiger partial charge in [0.2, 0.25) is 0 Å². The van der Waals surface area contributed by atoms with E-state index in [9.17, 15) is 0 Å². The van der Waals surface area contributed by atoms with Crippen LogP contribution in [0.5, 0.6) is 0 Å². The van der Waals surface area contributed by atoms with Gasteiger partial charge in [0.05, 0.1) is 23.8 Å². The van der Waals surface area contributed by atoms with Crippen molar-refractivity contribution in [3.63, 3.8) is 0 Å². The average molecular weight is 309 g/mol. The molecule has 3 rings (SSSR count). The van der Waals surface area contributed by atoms with E-state index in [0.29, 0.717) is 33.0 Å². The Balaban J connectivity index is 2.06. The zero-order chi connectivity index (χ0) is 16.1. The summed E-state index contributed by atoms with van der Waals surface area (Å²) < 4.78 is 13.1. The molecule has 5 heteroatoms. The van der Waals surface area contributed by atoms with Gasteiger partial charge in [-0.25, -0.2) is 4.98 Å². The van der Waals surface area contributed by atoms with Gasteiger partial charge in [-0.3, -0.25) is 4.98 Å². The average Bonchev–Trinajstić information content (AvgIpc) is 2.95. The molecule has 0 saturated heterocycles. The standard InChI is InChI=1S/C18H19N3O2/c1-3-10-23-11-9-21-17(13-22-4-2)20-16-12-19-15-8-6-5-7-14(15)18(16)21/h1,5-8,12H,4,9-11,13H2,2H3. The van der Waals surface area contributed by atoms with Crippen molar-refractivity contribution < 1.29 is 9.47 Å². The number of terminal acetylenes is 1. The Kier molecular flexibility index (Phi) is 4.86. The number of aromatic nitrogens is 3. The van der Waals surface area contributed by atoms with Crippen LogP contribution in [0, 0.1) is 12.3 Å². The predicted molar refractivity (Wildman–Crippen MR) is 90.0 cm³/mol. The molecule has 0 atom stereocenters. The van der Waals surface area contributed by atoms with E-state index in [1.165, 1.54) is 0 Å². The van der Waals surface area contributed by atoms with Crippen LogP contribution in [0.15, 0.2) is 30.5 Å². The molecule has 0 N–H and O–H groups in total. The van der Waals surface area contributed by atoms with Crippen molar-refractivity contribution in [2.75, 3.05) is 19.8 Å². The summed E-state index contributed by atoms with van der Waals surface area (Å²) in [7, 11) is 0. The summed E-state index contributed by atoms with van der Waals surface area (Å²) in [5.41, 5.74) is 2.89. The molecule has 3 aromatic rings. The highest BCUT2D eigenvalue weighted by Gasteiger charge is 2.14. The molecule has 5 nitrogen and oxygen atoms in total. The zero-order valence-corrected chi connectivity index (χ0v) is 13.2. The van der Waals surface area contributed by atoms with Gasteiger partial charge in [-0.2, -0.15) is 0 Å². The minimum Gasteiger partial charge on any atom is -0.374 e. The van der Waals surface area contributed by atoms with Crippen LogP contribution in [0.1, 0.15) is 12.7 Å². The van der Waals surface area contributed by atoms with Crippen molar-refractivity contribution in [1.82, 2.24) is 14.5 Å². The van der Waals surface area contributed by atoms with Gasteiger partial charge in [-0.15, -0.1) is 6.42 Å². The predicted octanol–water partition coefficient (Wildman–Crippen LogP) is 2.77. The summed E-state index contributed by atoms with van der Waals surface area (Å²) in [5, 5.41) is 1.08. The van der Waals surface area contributed by atoms with Gasteiger partial charge in [0.25, 0.3) is 0 Å². The van der Waals surface area contributed by atoms with Crippen molar-refractivity contribution in [3.8, 4) is 12.3 Å². The van der Waals surface area contributed by atoms with E-state index in [0.717, 1.165) is 27.8 Å². The van der Waals surface area contributed by atoms with Crippen molar-refractivity contribution in [2.45, 2.75) is 20.1 Å². The molecule has 118 valence electrons. The number of para-hydroxylation sites is 1. The van der Waals surface area contributed by atoms with Crippen molar-refractivity contribution in [2.24, 2.45) is 0 Å². The quantitative estimate of drug-likeness (QED) is 0.497. The highest BCUT2D eigenvalue weighted by atomic mass is 16.5. The highest BCUT2D eigenvalue weighted by molar-refractivity contribution is 6.02. The van der Waals surface area contributed by atoms with E-state index < -0.39 is 0 Å². The van der Waals surface area contributed by atoms with Gasteiger partial charge >= 0.3 is 0 Å². The molecular weight excluding hydrogens is 290 g/mol. The van der Waals surface area contributed by atoms with Gasteiger partial charge in [-0.05, 0) is 13.0 Å². The van der Waals surface area contributed by atoms with E-state index >= 15 is 0 Å². The van der Waals surface area contributed by atoms with E-state index in [1.807, 2.05) is 31.3 Å². The Hall–Kier alpha value is -2.42. The number of benzene rings is 1. The normalized spacial score (nSPS) is 11.1. The minimum atomic E-state index is 0.315. The fourth-order valence-electron chi connectivity index (χ4n) is 2.64. The van der Waals surface area contributed by atoms with Crippen LogP contribution >= 0.6 is 0 Å². The molecule has 0 amide bonds. The number of hydrogen-bond donors (Lipinski definition) is 0. The molecule has 0 unspecified atom stereocenters. The molecule has 2 heterocycles. The Morgan fingerprint density at radius 1 is 1.22 bits per heavy atom. The van der Waals surface area contributed by atoms with E-state index in [-0.39, 0.29) is 0 Å². The molecule has 0 saturated carbocycles. The Bertz CT molecular complexity index is 848. The Labute approximate surface area is 135 Å². The summed E-state index contributed by atoms with van der Waals surface area (Å²) in [6.45, 7) is 4.61.